The number of imide groups is 1. The first-order chi connectivity index (χ1) is 17.5. The molecule has 188 valence electrons. The molecule has 0 saturated carbocycles. The number of nitrogens with zero attached hydrogens (tertiary/aromatic N) is 1. The fraction of sp³-hybridized carbons (Fsp3) is 0.345. The molecule has 1 aliphatic heterocycles. The molecule has 0 unspecified atom stereocenters. The fourth-order valence-electron chi connectivity index (χ4n) is 5.10. The molecule has 3 aromatic rings. The monoisotopic (exact) mass is 488 g/mol. The van der Waals surface area contributed by atoms with E-state index in [1.165, 1.54) is 12.0 Å². The molecule has 36 heavy (non-hydrogen) atoms. The van der Waals surface area contributed by atoms with Gasteiger partial charge in [0.05, 0.1) is 24.8 Å². The van der Waals surface area contributed by atoms with Crippen LogP contribution in [-0.2, 0) is 24.5 Å². The highest BCUT2D eigenvalue weighted by molar-refractivity contribution is 6.11. The minimum absolute atomic E-state index is 0.00828. The lowest BCUT2D eigenvalue weighted by atomic mass is 9.74. The third kappa shape index (κ3) is 5.26. The van der Waals surface area contributed by atoms with Crippen molar-refractivity contribution in [3.8, 4) is 0 Å². The van der Waals surface area contributed by atoms with E-state index in [1.54, 1.807) is 6.26 Å². The van der Waals surface area contributed by atoms with Crippen LogP contribution in [0.3, 0.4) is 0 Å². The molecule has 2 heterocycles. The van der Waals surface area contributed by atoms with Crippen molar-refractivity contribution in [2.75, 3.05) is 26.8 Å². The molecular weight excluding hydrogens is 456 g/mol. The van der Waals surface area contributed by atoms with Crippen molar-refractivity contribution in [2.45, 2.75) is 37.5 Å². The third-order valence-corrected chi connectivity index (χ3v) is 6.89. The zero-order chi connectivity index (χ0) is 25.5. The maximum absolute atomic E-state index is 13.6. The van der Waals surface area contributed by atoms with E-state index in [0.717, 1.165) is 22.5 Å². The Hall–Kier alpha value is -3.71. The van der Waals surface area contributed by atoms with Gasteiger partial charge in [-0.05, 0) is 42.2 Å². The number of furan rings is 1. The molecule has 1 saturated heterocycles. The summed E-state index contributed by atoms with van der Waals surface area (Å²) < 4.78 is 10.8. The summed E-state index contributed by atoms with van der Waals surface area (Å²) in [5.74, 6) is -0.0655. The molecule has 1 aliphatic rings. The molecule has 0 bridgehead atoms. The summed E-state index contributed by atoms with van der Waals surface area (Å²) in [7, 11) is 1.53. The van der Waals surface area contributed by atoms with Crippen LogP contribution in [0.15, 0.2) is 77.4 Å². The number of benzene rings is 2. The number of aryl methyl sites for hydroxylation is 1. The van der Waals surface area contributed by atoms with E-state index in [-0.39, 0.29) is 49.6 Å². The zero-order valence-electron chi connectivity index (χ0n) is 20.7. The molecule has 1 fully saturated rings. The Morgan fingerprint density at radius 1 is 1.08 bits per heavy atom. The van der Waals surface area contributed by atoms with Crippen molar-refractivity contribution in [1.82, 2.24) is 10.2 Å². The van der Waals surface area contributed by atoms with Crippen molar-refractivity contribution in [3.05, 3.63) is 95.4 Å². The van der Waals surface area contributed by atoms with Gasteiger partial charge in [-0.3, -0.25) is 19.3 Å². The number of carbonyl (C=O) groups excluding carboxylic acids is 3. The first-order valence-corrected chi connectivity index (χ1v) is 12.2. The number of hydrogen-bond donors (Lipinski definition) is 1. The van der Waals surface area contributed by atoms with Crippen molar-refractivity contribution >= 4 is 17.7 Å². The van der Waals surface area contributed by atoms with Crippen LogP contribution in [0.25, 0.3) is 0 Å². The summed E-state index contributed by atoms with van der Waals surface area (Å²) in [6, 6.07) is 21.3. The lowest BCUT2D eigenvalue weighted by Crippen LogP contribution is -2.43. The van der Waals surface area contributed by atoms with Gasteiger partial charge < -0.3 is 14.5 Å². The number of ether oxygens (including phenoxy) is 1. The molecule has 0 spiro atoms. The summed E-state index contributed by atoms with van der Waals surface area (Å²) in [6.45, 7) is 2.73. The molecule has 2 aromatic carbocycles. The van der Waals surface area contributed by atoms with E-state index in [4.69, 9.17) is 9.15 Å². The first kappa shape index (κ1) is 25.4. The lowest BCUT2D eigenvalue weighted by Gasteiger charge is -2.28. The van der Waals surface area contributed by atoms with Crippen LogP contribution in [0.4, 0.5) is 0 Å². The van der Waals surface area contributed by atoms with Gasteiger partial charge in [-0.25, -0.2) is 0 Å². The summed E-state index contributed by atoms with van der Waals surface area (Å²) >= 11 is 0. The van der Waals surface area contributed by atoms with Crippen molar-refractivity contribution in [2.24, 2.45) is 0 Å². The van der Waals surface area contributed by atoms with E-state index in [1.807, 2.05) is 73.7 Å². The highest BCUT2D eigenvalue weighted by Gasteiger charge is 2.54. The average Bonchev–Trinajstić information content (AvgIpc) is 3.49. The van der Waals surface area contributed by atoms with E-state index in [2.05, 4.69) is 5.32 Å². The summed E-state index contributed by atoms with van der Waals surface area (Å²) in [4.78, 5) is 40.9. The van der Waals surface area contributed by atoms with E-state index in [9.17, 15) is 14.4 Å². The Kier molecular flexibility index (Phi) is 8.00. The SMILES string of the molecule is COCCN1C(=O)C[C@@](CC(=O)NCC[C@H](c2ccccc2)c2ccco2)(c2ccccc2C)C1=O. The standard InChI is InChI=1S/C29H32N2O5/c1-21-9-6-7-12-24(21)29(20-27(33)31(28(29)34)16-18-35-2)19-26(32)30-15-14-23(25-13-8-17-36-25)22-10-4-3-5-11-22/h3-13,17,23H,14-16,18-20H2,1-2H3,(H,30,32)/t23-,29+/m1/s1. The third-order valence-electron chi connectivity index (χ3n) is 6.89. The van der Waals surface area contributed by atoms with E-state index in [0.29, 0.717) is 13.0 Å². The van der Waals surface area contributed by atoms with Crippen LogP contribution in [0.5, 0.6) is 0 Å². The molecule has 7 heteroatoms. The lowest BCUT2D eigenvalue weighted by molar-refractivity contribution is -0.141. The molecule has 0 radical (unpaired) electrons. The van der Waals surface area contributed by atoms with Gasteiger partial charge in [0, 0.05) is 32.4 Å². The fourth-order valence-corrected chi connectivity index (χ4v) is 5.10. The second-order valence-corrected chi connectivity index (χ2v) is 9.21. The normalized spacial score (nSPS) is 18.4. The first-order valence-electron chi connectivity index (χ1n) is 12.2. The zero-order valence-corrected chi connectivity index (χ0v) is 20.7. The second-order valence-electron chi connectivity index (χ2n) is 9.21. The van der Waals surface area contributed by atoms with Crippen molar-refractivity contribution < 1.29 is 23.5 Å². The molecule has 1 aromatic heterocycles. The predicted molar refractivity (Wildman–Crippen MR) is 135 cm³/mol. The molecule has 0 aliphatic carbocycles. The molecule has 3 amide bonds. The number of carbonyl (C=O) groups is 3. The summed E-state index contributed by atoms with van der Waals surface area (Å²) in [5, 5.41) is 2.99. The number of likely N-dealkylation sites (tertiary alicyclic amines) is 1. The number of hydrogen-bond acceptors (Lipinski definition) is 5. The second kappa shape index (κ2) is 11.4. The highest BCUT2D eigenvalue weighted by Crippen LogP contribution is 2.41. The summed E-state index contributed by atoms with van der Waals surface area (Å²) in [5.41, 5.74) is 1.47. The molecule has 2 atom stereocenters. The largest absolute Gasteiger partial charge is 0.469 e. The van der Waals surface area contributed by atoms with Crippen LogP contribution in [0, 0.1) is 6.92 Å². The smallest absolute Gasteiger partial charge is 0.240 e. The molecular formula is C29H32N2O5. The number of rotatable bonds is 11. The summed E-state index contributed by atoms with van der Waals surface area (Å²) in [6.07, 6.45) is 2.15. The molecule has 7 nitrogen and oxygen atoms in total. The Morgan fingerprint density at radius 2 is 1.83 bits per heavy atom. The van der Waals surface area contributed by atoms with Crippen LogP contribution >= 0.6 is 0 Å². The Morgan fingerprint density at radius 3 is 2.53 bits per heavy atom. The van der Waals surface area contributed by atoms with Crippen LogP contribution in [-0.4, -0.2) is 49.4 Å². The number of nitrogens with one attached hydrogen (secondary N) is 1. The highest BCUT2D eigenvalue weighted by atomic mass is 16.5. The van der Waals surface area contributed by atoms with E-state index < -0.39 is 5.41 Å². The maximum atomic E-state index is 13.6. The van der Waals surface area contributed by atoms with Gasteiger partial charge in [-0.1, -0.05) is 54.6 Å². The van der Waals surface area contributed by atoms with Gasteiger partial charge >= 0.3 is 0 Å². The van der Waals surface area contributed by atoms with E-state index >= 15 is 0 Å². The molecule has 4 rings (SSSR count). The van der Waals surface area contributed by atoms with Crippen LogP contribution in [0.1, 0.15) is 47.6 Å². The number of amides is 3. The topological polar surface area (TPSA) is 88.8 Å². The van der Waals surface area contributed by atoms with Crippen molar-refractivity contribution in [3.63, 3.8) is 0 Å². The molecule has 1 N–H and O–H groups in total. The Labute approximate surface area is 211 Å². The quantitative estimate of drug-likeness (QED) is 0.413. The van der Waals surface area contributed by atoms with Gasteiger partial charge in [0.15, 0.2) is 0 Å². The maximum Gasteiger partial charge on any atom is 0.240 e. The van der Waals surface area contributed by atoms with Crippen LogP contribution < -0.4 is 5.32 Å². The predicted octanol–water partition coefficient (Wildman–Crippen LogP) is 3.96. The Balaban J connectivity index is 1.50. The van der Waals surface area contributed by atoms with Gasteiger partial charge in [0.2, 0.25) is 17.7 Å². The van der Waals surface area contributed by atoms with Gasteiger partial charge in [0.25, 0.3) is 0 Å². The minimum atomic E-state index is -1.22. The van der Waals surface area contributed by atoms with Crippen LogP contribution in [0.2, 0.25) is 0 Å². The van der Waals surface area contributed by atoms with Gasteiger partial charge in [-0.15, -0.1) is 0 Å². The Bertz CT molecular complexity index is 1190. The minimum Gasteiger partial charge on any atom is -0.469 e. The van der Waals surface area contributed by atoms with Gasteiger partial charge in [-0.2, -0.15) is 0 Å². The number of methoxy groups -OCH3 is 1. The average molecular weight is 489 g/mol. The van der Waals surface area contributed by atoms with Crippen molar-refractivity contribution in [1.29, 1.82) is 0 Å². The van der Waals surface area contributed by atoms with Gasteiger partial charge in [0.1, 0.15) is 5.76 Å².